The van der Waals surface area contributed by atoms with Gasteiger partial charge in [-0.1, -0.05) is 108 Å². The molecule has 23 N–H and O–H groups in total. The molecular weight excluding hydrogens is 1950 g/mol. The van der Waals surface area contributed by atoms with E-state index in [2.05, 4.69) is 90.1 Å². The Labute approximate surface area is 872 Å². The van der Waals surface area contributed by atoms with E-state index in [4.69, 9.17) is 36.1 Å². The lowest BCUT2D eigenvalue weighted by atomic mass is 9.91. The first kappa shape index (κ1) is 123. The fraction of sp³-hybridized carbons (Fsp3) is 0.583. The number of carbonyl (C=O) groups is 19. The fourth-order valence-corrected chi connectivity index (χ4v) is 19.0. The number of para-hydroxylation sites is 1. The van der Waals surface area contributed by atoms with Gasteiger partial charge in [0.2, 0.25) is 100 Å². The van der Waals surface area contributed by atoms with Crippen molar-refractivity contribution in [2.24, 2.45) is 23.1 Å². The molecule has 0 spiro atoms. The van der Waals surface area contributed by atoms with Crippen LogP contribution in [-0.4, -0.2) is 255 Å². The smallest absolute Gasteiger partial charge is 0.407 e. The van der Waals surface area contributed by atoms with Crippen LogP contribution in [0.1, 0.15) is 238 Å². The highest BCUT2D eigenvalue weighted by Crippen LogP contribution is 2.47. The summed E-state index contributed by atoms with van der Waals surface area (Å²) in [6, 6.07) is 5.30. The molecule has 1 aromatic heterocycles. The van der Waals surface area contributed by atoms with Gasteiger partial charge in [-0.2, -0.15) is 0 Å². The second-order valence-electron chi connectivity index (χ2n) is 41.9. The summed E-state index contributed by atoms with van der Waals surface area (Å²) in [5.41, 5.74) is 15.0. The number of aromatic nitrogens is 1. The zero-order valence-electron chi connectivity index (χ0n) is 88.7. The van der Waals surface area contributed by atoms with Crippen LogP contribution in [0.5, 0.6) is 5.75 Å². The number of benzene rings is 4. The Morgan fingerprint density at radius 3 is 1.62 bits per heavy atom. The molecule has 45 heteroatoms. The van der Waals surface area contributed by atoms with E-state index in [-0.39, 0.29) is 133 Å². The molecule has 148 heavy (non-hydrogen) atoms. The number of rotatable bonds is 47. The monoisotopic (exact) mass is 2100 g/mol. The van der Waals surface area contributed by atoms with Crippen molar-refractivity contribution in [2.75, 3.05) is 32.8 Å². The summed E-state index contributed by atoms with van der Waals surface area (Å²) in [7, 11) is 1.80. The van der Waals surface area contributed by atoms with E-state index in [1.165, 1.54) is 67.5 Å². The van der Waals surface area contributed by atoms with Gasteiger partial charge in [0.15, 0.2) is 0 Å². The maximum Gasteiger partial charge on any atom is 0.407 e. The van der Waals surface area contributed by atoms with Crippen molar-refractivity contribution in [1.82, 2.24) is 90.1 Å². The lowest BCUT2D eigenvalue weighted by Crippen LogP contribution is -2.65. The van der Waals surface area contributed by atoms with Crippen LogP contribution in [0.3, 0.4) is 0 Å². The topological polar surface area (TPSA) is 648 Å². The summed E-state index contributed by atoms with van der Waals surface area (Å²) in [5, 5.41) is 45.6. The maximum absolute atomic E-state index is 16.7. The molecule has 0 saturated carbocycles. The number of fused-ring (bicyclic) bond motifs is 2. The number of nitrogens with two attached hydrogens (primary N) is 3. The molecule has 0 aliphatic carbocycles. The fourth-order valence-electron chi connectivity index (χ4n) is 16.1. The molecule has 0 unspecified atom stereocenters. The Morgan fingerprint density at radius 2 is 1.03 bits per heavy atom. The number of hydrogen-bond donors (Lipinski definition) is 20. The van der Waals surface area contributed by atoms with Crippen LogP contribution >= 0.6 is 21.6 Å². The SMILES string of the molecule is CC(=O)NCCCC[C@@H]1NC(=O)[C@H](Cc2c[nH]c3c(C)cccc23)NC(=O)[C@H]([C@@H](C)OC(C)(C)C)NC(=O)[C@H](CC(N)=O)NC(=O)[C@@H](NC(C)=O)C(C)(C)SSC(C)(C)[C@@H](C(=O)N[C@@H](Cc2ccc(OCCNC(=O)OC(C)(C)C)cc2)C(=O)N[C@@H](Cc2ccc3ccccc3c2)C(=O)N[C@@](C)(CCCCNC(=O)OC(C)(C)C)C(=O)N[C@@H](CCCCNC(C)=O)C(=O)N[C@@H](CC(N)=O)C(=O)N[C@H](CC(C)C)C(N)=O)NC1=O. The quantitative estimate of drug-likeness (QED) is 0.0188. The van der Waals surface area contributed by atoms with Crippen LogP contribution in [0.2, 0.25) is 0 Å². The lowest BCUT2D eigenvalue weighted by Gasteiger charge is -2.39. The number of primary amides is 3. The maximum atomic E-state index is 16.7. The number of alkyl carbamates (subject to hydrolysis) is 2. The van der Waals surface area contributed by atoms with Crippen LogP contribution in [0.4, 0.5) is 9.59 Å². The molecule has 1 aliphatic rings. The van der Waals surface area contributed by atoms with Gasteiger partial charge >= 0.3 is 12.2 Å². The molecule has 13 atom stereocenters. The van der Waals surface area contributed by atoms with Gasteiger partial charge in [-0.3, -0.25) is 81.5 Å². The second kappa shape index (κ2) is 56.7. The number of unbranched alkanes of at least 4 members (excludes halogenated alkanes) is 3. The van der Waals surface area contributed by atoms with Crippen LogP contribution in [0.15, 0.2) is 91.1 Å². The number of carbonyl (C=O) groups excluding carboxylic acids is 19. The summed E-state index contributed by atoms with van der Waals surface area (Å²) < 4.78 is 19.9. The van der Waals surface area contributed by atoms with E-state index in [0.717, 1.165) is 39.5 Å². The number of ether oxygens (including phenoxy) is 4. The summed E-state index contributed by atoms with van der Waals surface area (Å²) in [4.78, 5) is 278. The van der Waals surface area contributed by atoms with E-state index >= 15 is 47.9 Å². The molecule has 0 radical (unpaired) electrons. The molecule has 0 bridgehead atoms. The lowest BCUT2D eigenvalue weighted by molar-refractivity contribution is -0.141. The molecule has 1 fully saturated rings. The number of aryl methyl sites for hydroxylation is 1. The third-order valence-electron chi connectivity index (χ3n) is 23.6. The molecule has 816 valence electrons. The van der Waals surface area contributed by atoms with Crippen molar-refractivity contribution < 1.29 is 110 Å². The second-order valence-corrected chi connectivity index (χ2v) is 45.3. The van der Waals surface area contributed by atoms with E-state index in [1.54, 1.807) is 137 Å². The summed E-state index contributed by atoms with van der Waals surface area (Å²) in [6.45, 7) is 33.2. The van der Waals surface area contributed by atoms with E-state index in [1.807, 2.05) is 25.1 Å². The minimum atomic E-state index is -2.16. The molecule has 1 saturated heterocycles. The van der Waals surface area contributed by atoms with E-state index in [0.29, 0.717) is 33.0 Å². The number of hydrogen-bond acceptors (Lipinski definition) is 25. The van der Waals surface area contributed by atoms with Crippen molar-refractivity contribution in [3.8, 4) is 5.75 Å². The van der Waals surface area contributed by atoms with E-state index in [9.17, 15) is 43.2 Å². The van der Waals surface area contributed by atoms with Gasteiger partial charge in [-0.25, -0.2) is 9.59 Å². The molecule has 5 aromatic rings. The van der Waals surface area contributed by atoms with Crippen LogP contribution in [-0.2, 0) is 115 Å². The van der Waals surface area contributed by atoms with Crippen molar-refractivity contribution in [3.05, 3.63) is 113 Å². The Hall–Kier alpha value is -13.3. The summed E-state index contributed by atoms with van der Waals surface area (Å²) in [6.07, 6.45) is -3.86. The number of amides is 19. The van der Waals surface area contributed by atoms with Gasteiger partial charge in [0.05, 0.1) is 31.1 Å². The Morgan fingerprint density at radius 1 is 0.493 bits per heavy atom. The van der Waals surface area contributed by atoms with Gasteiger partial charge in [0.1, 0.15) is 95.6 Å². The van der Waals surface area contributed by atoms with Crippen LogP contribution in [0.25, 0.3) is 21.7 Å². The third-order valence-corrected chi connectivity index (χ3v) is 27.8. The molecule has 43 nitrogen and oxygen atoms in total. The molecule has 6 rings (SSSR count). The predicted molar refractivity (Wildman–Crippen MR) is 561 cm³/mol. The van der Waals surface area contributed by atoms with Crippen molar-refractivity contribution in [3.63, 3.8) is 0 Å². The van der Waals surface area contributed by atoms with Crippen LogP contribution < -0.4 is 107 Å². The highest BCUT2D eigenvalue weighted by Gasteiger charge is 2.48. The van der Waals surface area contributed by atoms with Gasteiger partial charge in [-0.15, -0.1) is 0 Å². The summed E-state index contributed by atoms with van der Waals surface area (Å²) >= 11 is 0. The van der Waals surface area contributed by atoms with Gasteiger partial charge in [0.25, 0.3) is 0 Å². The standard InChI is InChI=1S/C103H154N20O23S2/c1-57(2)49-72(84(106)129)114-89(134)76(54-78(104)127)116-85(130)71(36-25-28-45-108-61(6)125)120-95(140)103(21,43-26-29-46-109-96(141)145-99(11,12)13)123-91(136)74(52-64-37-40-65-32-22-23-33-66(65)50-64)115-87(132)73(51-63-38-41-68(42-39-63)143-48-47-110-97(142)146-100(14,15)16)118-94(139)83-102(19,20)148-147-101(17,18)82(112-62(7)126)93(138)119-77(55-79(105)128)90(135)121-81(59(4)144-98(8,9)10)92(137)117-75(53-67-56-111-80-58(3)31-30-34-69(67)80)88(133)113-70(86(131)122-83)35-24-27-44-107-60(5)124/h22-23,30-34,37-42,50,56-57,59,70-77,81-83,111H,24-29,35-36,43-49,51-55H2,1-21H3,(H2,104,127)(H2,105,128)(H2,106,129)(H,107,124)(H,108,125)(H,109,141)(H,110,142)(H,112,126)(H,113,133)(H,114,134)(H,115,132)(H,116,130)(H,117,137)(H,118,139)(H,119,138)(H,120,140)(H,121,135)(H,122,131)(H,123,136)/t59-,70+,71+,72-,73+,74+,75+,76+,77+,81+,82-,83-,103+/m1/s1. The minimum absolute atomic E-state index is 0.00535. The van der Waals surface area contributed by atoms with Gasteiger partial charge in [0, 0.05) is 86.3 Å². The first-order valence-corrected chi connectivity index (χ1v) is 51.9. The number of aromatic amines is 1. The predicted octanol–water partition coefficient (Wildman–Crippen LogP) is 4.53. The first-order valence-electron chi connectivity index (χ1n) is 49.7. The van der Waals surface area contributed by atoms with Crippen LogP contribution in [0, 0.1) is 12.8 Å². The van der Waals surface area contributed by atoms with Crippen molar-refractivity contribution in [2.45, 2.75) is 346 Å². The Balaban J connectivity index is 1.62. The van der Waals surface area contributed by atoms with Gasteiger partial charge < -0.3 is 126 Å². The zero-order valence-corrected chi connectivity index (χ0v) is 90.4. The zero-order chi connectivity index (χ0) is 111. The molecule has 19 amide bonds. The van der Waals surface area contributed by atoms with Crippen molar-refractivity contribution >= 4 is 156 Å². The third kappa shape index (κ3) is 42.5. The van der Waals surface area contributed by atoms with Crippen molar-refractivity contribution in [1.29, 1.82) is 0 Å². The molecule has 1 aliphatic heterocycles. The minimum Gasteiger partial charge on any atom is -0.492 e. The van der Waals surface area contributed by atoms with Gasteiger partial charge in [-0.05, 0) is 226 Å². The number of nitrogens with one attached hydrogen (secondary N) is 17. The normalized spacial score (nSPS) is 18.6. The first-order chi connectivity index (χ1) is 69.0. The average Bonchev–Trinajstić information content (AvgIpc) is 0.992. The highest BCUT2D eigenvalue weighted by atomic mass is 33.1. The largest absolute Gasteiger partial charge is 0.492 e. The molecule has 2 heterocycles. The molecule has 4 aromatic carbocycles. The number of H-pyrrole nitrogens is 1. The summed E-state index contributed by atoms with van der Waals surface area (Å²) in [5.74, 6) is -16.1. The Kier molecular flexibility index (Phi) is 47.3. The Bertz CT molecular complexity index is 5500. The molecular formula is C103H154N20O23S2. The average molecular weight is 2100 g/mol. The van der Waals surface area contributed by atoms with E-state index < -0.39 is 224 Å². The highest BCUT2D eigenvalue weighted by molar-refractivity contribution is 8.77.